The molecule has 2 heterocycles. The van der Waals surface area contributed by atoms with Crippen molar-refractivity contribution >= 4 is 32.4 Å². The molecule has 0 spiro atoms. The summed E-state index contributed by atoms with van der Waals surface area (Å²) in [5.74, 6) is 0. The van der Waals surface area contributed by atoms with Gasteiger partial charge in [-0.3, -0.25) is 0 Å². The highest BCUT2D eigenvalue weighted by Gasteiger charge is 2.10. The number of allylic oxidation sites excluding steroid dienone is 1. The van der Waals surface area contributed by atoms with Crippen LogP contribution < -0.4 is 0 Å². The molecule has 0 atom stereocenters. The van der Waals surface area contributed by atoms with E-state index in [0.717, 1.165) is 16.4 Å². The third-order valence-corrected chi connectivity index (χ3v) is 3.75. The van der Waals surface area contributed by atoms with E-state index in [4.69, 9.17) is 0 Å². The lowest BCUT2D eigenvalue weighted by Crippen LogP contribution is -1.94. The van der Waals surface area contributed by atoms with E-state index in [-0.39, 0.29) is 0 Å². The molecule has 0 aliphatic carbocycles. The van der Waals surface area contributed by atoms with Gasteiger partial charge >= 0.3 is 4.99 Å². The van der Waals surface area contributed by atoms with E-state index in [1.165, 1.54) is 0 Å². The van der Waals surface area contributed by atoms with Crippen LogP contribution in [0.25, 0.3) is 0 Å². The lowest BCUT2D eigenvalue weighted by atomic mass is 10.3. The zero-order valence-corrected chi connectivity index (χ0v) is 9.09. The molecule has 0 N–H and O–H groups in total. The van der Waals surface area contributed by atoms with Crippen molar-refractivity contribution in [2.24, 2.45) is 4.99 Å². The Hall–Kier alpha value is -1.00. The minimum atomic E-state index is 0.943. The molecule has 70 valence electrons. The minimum absolute atomic E-state index is 0.943. The topological polar surface area (TPSA) is 25.2 Å². The number of rotatable bonds is 2. The molecule has 0 unspecified atom stereocenters. The second kappa shape index (κ2) is 5.02. The molecular weight excluding hydrogens is 212 g/mol. The van der Waals surface area contributed by atoms with Crippen molar-refractivity contribution in [3.63, 3.8) is 0 Å². The van der Waals surface area contributed by atoms with Crippen LogP contribution in [0, 0.1) is 0 Å². The molecule has 0 amide bonds. The molecule has 1 aromatic rings. The van der Waals surface area contributed by atoms with E-state index in [1.807, 2.05) is 30.5 Å². The molecule has 1 aliphatic heterocycles. The summed E-state index contributed by atoms with van der Waals surface area (Å²) in [7, 11) is 3.27. The molecule has 0 saturated carbocycles. The number of hydrogen-bond donors (Lipinski definition) is 0. The number of aliphatic imine (C=N–C) groups is 1. The number of aromatic nitrogens is 1. The Bertz CT molecular complexity index is 368. The van der Waals surface area contributed by atoms with Crippen molar-refractivity contribution in [2.75, 3.05) is 0 Å². The Labute approximate surface area is 90.5 Å². The fourth-order valence-electron chi connectivity index (χ4n) is 0.946. The molecule has 1 aromatic heterocycles. The summed E-state index contributed by atoms with van der Waals surface area (Å²) in [6.45, 7) is 0. The summed E-state index contributed by atoms with van der Waals surface area (Å²) in [6.07, 6.45) is 8.81. The summed E-state index contributed by atoms with van der Waals surface area (Å²) < 4.78 is 0. The summed E-state index contributed by atoms with van der Waals surface area (Å²) in [5.41, 5.74) is 0. The van der Waals surface area contributed by atoms with E-state index >= 15 is 0 Å². The van der Waals surface area contributed by atoms with Crippen molar-refractivity contribution in [1.29, 1.82) is 0 Å². The molecular formula is C10H9N2S2+. The first-order valence-corrected chi connectivity index (χ1v) is 6.42. The molecule has 14 heavy (non-hydrogen) atoms. The first-order chi connectivity index (χ1) is 6.95. The number of nitrogens with zero attached hydrogens (tertiary/aromatic N) is 2. The number of dihydropyridines is 1. The van der Waals surface area contributed by atoms with Crippen LogP contribution in [0.1, 0.15) is 6.42 Å². The Morgan fingerprint density at radius 3 is 3.07 bits per heavy atom. The van der Waals surface area contributed by atoms with Gasteiger partial charge in [-0.25, -0.2) is 9.98 Å². The van der Waals surface area contributed by atoms with Gasteiger partial charge in [-0.1, -0.05) is 12.1 Å². The van der Waals surface area contributed by atoms with Crippen LogP contribution in [0.15, 0.2) is 46.6 Å². The Balaban J connectivity index is 2.03. The summed E-state index contributed by atoms with van der Waals surface area (Å²) in [4.78, 5) is 9.51. The molecule has 1 aliphatic rings. The largest absolute Gasteiger partial charge is 0.332 e. The van der Waals surface area contributed by atoms with Crippen LogP contribution in [0.4, 0.5) is 0 Å². The predicted molar refractivity (Wildman–Crippen MR) is 64.7 cm³/mol. The SMILES string of the molecule is C1=CC(=[S+]Sc2ccccn2)N=CC1. The van der Waals surface area contributed by atoms with Gasteiger partial charge in [-0.05, 0) is 12.1 Å². The van der Waals surface area contributed by atoms with Crippen molar-refractivity contribution < 1.29 is 0 Å². The maximum Gasteiger partial charge on any atom is 0.332 e. The van der Waals surface area contributed by atoms with Crippen molar-refractivity contribution in [3.8, 4) is 0 Å². The van der Waals surface area contributed by atoms with Gasteiger partial charge < -0.3 is 0 Å². The highest BCUT2D eigenvalue weighted by atomic mass is 33.1. The highest BCUT2D eigenvalue weighted by molar-refractivity contribution is 8.65. The normalized spacial score (nSPS) is 17.6. The van der Waals surface area contributed by atoms with E-state index in [0.29, 0.717) is 0 Å². The smallest absolute Gasteiger partial charge is 0.245 e. The van der Waals surface area contributed by atoms with Crippen LogP contribution in [0.3, 0.4) is 0 Å². The Kier molecular flexibility index (Phi) is 3.43. The third kappa shape index (κ3) is 2.75. The first-order valence-electron chi connectivity index (χ1n) is 4.27. The van der Waals surface area contributed by atoms with Crippen LogP contribution in [0.5, 0.6) is 0 Å². The van der Waals surface area contributed by atoms with Crippen molar-refractivity contribution in [2.45, 2.75) is 11.4 Å². The van der Waals surface area contributed by atoms with Gasteiger partial charge in [0.2, 0.25) is 10.8 Å². The predicted octanol–water partition coefficient (Wildman–Crippen LogP) is 2.33. The molecule has 0 aromatic carbocycles. The second-order valence-corrected chi connectivity index (χ2v) is 4.79. The zero-order chi connectivity index (χ0) is 9.64. The molecule has 0 bridgehead atoms. The molecule has 2 nitrogen and oxygen atoms in total. The molecule has 0 saturated heterocycles. The minimum Gasteiger partial charge on any atom is -0.245 e. The number of hydrogen-bond acceptors (Lipinski definition) is 2. The Morgan fingerprint density at radius 1 is 1.36 bits per heavy atom. The monoisotopic (exact) mass is 221 g/mol. The van der Waals surface area contributed by atoms with Gasteiger partial charge in [0, 0.05) is 24.9 Å². The molecule has 0 fully saturated rings. The molecule has 4 heteroatoms. The van der Waals surface area contributed by atoms with Crippen LogP contribution in [-0.4, -0.2) is 16.2 Å². The second-order valence-electron chi connectivity index (χ2n) is 2.62. The standard InChI is InChI=1S/C10H9N2S2/c1-3-7-11-9(5-1)13-14-10-6-2-4-8-12-10/h1-3,5-8H,4H2/q+1. The van der Waals surface area contributed by atoms with Gasteiger partial charge in [-0.2, -0.15) is 0 Å². The highest BCUT2D eigenvalue weighted by Crippen LogP contribution is 2.13. The average Bonchev–Trinajstić information content (AvgIpc) is 2.29. The molecule has 2 rings (SSSR count). The lowest BCUT2D eigenvalue weighted by Gasteiger charge is -1.87. The molecule has 0 radical (unpaired) electrons. The summed E-state index contributed by atoms with van der Waals surface area (Å²) >= 11 is 0. The maximum absolute atomic E-state index is 4.26. The summed E-state index contributed by atoms with van der Waals surface area (Å²) in [5, 5.41) is 1.01. The summed E-state index contributed by atoms with van der Waals surface area (Å²) in [6, 6.07) is 5.90. The lowest BCUT2D eigenvalue weighted by molar-refractivity contribution is 1.14. The van der Waals surface area contributed by atoms with E-state index in [9.17, 15) is 0 Å². The quantitative estimate of drug-likeness (QED) is 0.435. The van der Waals surface area contributed by atoms with Gasteiger partial charge in [0.15, 0.2) is 5.03 Å². The van der Waals surface area contributed by atoms with E-state index < -0.39 is 0 Å². The van der Waals surface area contributed by atoms with E-state index in [2.05, 4.69) is 16.1 Å². The maximum atomic E-state index is 4.26. The van der Waals surface area contributed by atoms with Crippen LogP contribution >= 0.6 is 10.8 Å². The fraction of sp³-hybridized carbons (Fsp3) is 0.100. The number of pyridine rings is 1. The van der Waals surface area contributed by atoms with E-state index in [1.54, 1.807) is 27.4 Å². The zero-order valence-electron chi connectivity index (χ0n) is 7.46. The first kappa shape index (κ1) is 9.55. The average molecular weight is 221 g/mol. The van der Waals surface area contributed by atoms with Gasteiger partial charge in [0.1, 0.15) is 0 Å². The van der Waals surface area contributed by atoms with Crippen LogP contribution in [0.2, 0.25) is 0 Å². The van der Waals surface area contributed by atoms with Gasteiger partial charge in [0.05, 0.1) is 0 Å². The Morgan fingerprint density at radius 2 is 2.36 bits per heavy atom. The van der Waals surface area contributed by atoms with Crippen LogP contribution in [-0.2, 0) is 10.4 Å². The van der Waals surface area contributed by atoms with Crippen molar-refractivity contribution in [3.05, 3.63) is 36.5 Å². The third-order valence-electron chi connectivity index (χ3n) is 1.57. The van der Waals surface area contributed by atoms with Gasteiger partial charge in [-0.15, -0.1) is 0 Å². The fourth-order valence-corrected chi connectivity index (χ4v) is 2.73. The van der Waals surface area contributed by atoms with Crippen molar-refractivity contribution in [1.82, 2.24) is 4.98 Å². The van der Waals surface area contributed by atoms with Gasteiger partial charge in [0.25, 0.3) is 10.4 Å².